The normalized spacial score (nSPS) is 10.5. The van der Waals surface area contributed by atoms with Crippen molar-refractivity contribution in [2.45, 2.75) is 71.1 Å². The van der Waals surface area contributed by atoms with Crippen LogP contribution in [0.5, 0.6) is 11.5 Å². The largest absolute Gasteiger partial charge is 0.497 e. The summed E-state index contributed by atoms with van der Waals surface area (Å²) in [4.78, 5) is 0. The van der Waals surface area contributed by atoms with Gasteiger partial charge in [0.2, 0.25) is 0 Å². The van der Waals surface area contributed by atoms with Gasteiger partial charge in [0, 0.05) is 5.56 Å². The van der Waals surface area contributed by atoms with Gasteiger partial charge in [-0.25, -0.2) is 0 Å². The van der Waals surface area contributed by atoms with Crippen molar-refractivity contribution < 1.29 is 9.47 Å². The quantitative estimate of drug-likeness (QED) is 0.358. The van der Waals surface area contributed by atoms with Crippen molar-refractivity contribution in [3.63, 3.8) is 0 Å². The number of hydrogen-bond acceptors (Lipinski definition) is 2. The van der Waals surface area contributed by atoms with Crippen LogP contribution >= 0.6 is 0 Å². The highest BCUT2D eigenvalue weighted by Gasteiger charge is 2.02. The maximum atomic E-state index is 5.87. The SMILES string of the molecule is C=Cc1cc(OC)ccc1OCCCCCCCCCCCC. The summed E-state index contributed by atoms with van der Waals surface area (Å²) in [5.74, 6) is 1.74. The summed E-state index contributed by atoms with van der Waals surface area (Å²) in [7, 11) is 1.67. The number of ether oxygens (including phenoxy) is 2. The predicted octanol–water partition coefficient (Wildman–Crippen LogP) is 6.64. The molecule has 1 aromatic rings. The average molecular weight is 319 g/mol. The summed E-state index contributed by atoms with van der Waals surface area (Å²) in [6.07, 6.45) is 15.3. The van der Waals surface area contributed by atoms with Crippen LogP contribution in [0.3, 0.4) is 0 Å². The molecule has 130 valence electrons. The fourth-order valence-corrected chi connectivity index (χ4v) is 2.72. The zero-order valence-electron chi connectivity index (χ0n) is 15.1. The van der Waals surface area contributed by atoms with E-state index < -0.39 is 0 Å². The van der Waals surface area contributed by atoms with E-state index in [9.17, 15) is 0 Å². The Bertz CT molecular complexity index is 426. The molecule has 0 aliphatic carbocycles. The van der Waals surface area contributed by atoms with Crippen molar-refractivity contribution in [3.8, 4) is 11.5 Å². The molecule has 0 unspecified atom stereocenters. The van der Waals surface area contributed by atoms with Gasteiger partial charge in [-0.05, 0) is 24.6 Å². The van der Waals surface area contributed by atoms with E-state index in [0.717, 1.165) is 30.1 Å². The Hall–Kier alpha value is -1.44. The fraction of sp³-hybridized carbons (Fsp3) is 0.619. The van der Waals surface area contributed by atoms with Crippen LogP contribution in [0, 0.1) is 0 Å². The summed E-state index contributed by atoms with van der Waals surface area (Å²) in [6, 6.07) is 5.86. The highest BCUT2D eigenvalue weighted by molar-refractivity contribution is 5.58. The minimum Gasteiger partial charge on any atom is -0.497 e. The van der Waals surface area contributed by atoms with Gasteiger partial charge >= 0.3 is 0 Å². The molecule has 0 N–H and O–H groups in total. The van der Waals surface area contributed by atoms with Crippen molar-refractivity contribution in [3.05, 3.63) is 30.3 Å². The smallest absolute Gasteiger partial charge is 0.126 e. The number of hydrogen-bond donors (Lipinski definition) is 0. The highest BCUT2D eigenvalue weighted by Crippen LogP contribution is 2.25. The second kappa shape index (κ2) is 13.0. The van der Waals surface area contributed by atoms with Gasteiger partial charge in [0.15, 0.2) is 0 Å². The number of unbranched alkanes of at least 4 members (excludes halogenated alkanes) is 9. The molecule has 0 saturated heterocycles. The third-order valence-corrected chi connectivity index (χ3v) is 4.19. The Labute approximate surface area is 142 Å². The molecule has 0 heterocycles. The molecule has 0 radical (unpaired) electrons. The lowest BCUT2D eigenvalue weighted by atomic mass is 10.1. The van der Waals surface area contributed by atoms with Crippen molar-refractivity contribution in [1.29, 1.82) is 0 Å². The molecule has 0 aliphatic heterocycles. The van der Waals surface area contributed by atoms with E-state index in [1.54, 1.807) is 7.11 Å². The summed E-state index contributed by atoms with van der Waals surface area (Å²) < 4.78 is 11.1. The van der Waals surface area contributed by atoms with Gasteiger partial charge in [0.25, 0.3) is 0 Å². The molecule has 0 bridgehead atoms. The van der Waals surface area contributed by atoms with E-state index >= 15 is 0 Å². The summed E-state index contributed by atoms with van der Waals surface area (Å²) >= 11 is 0. The number of benzene rings is 1. The van der Waals surface area contributed by atoms with Gasteiger partial charge in [0.05, 0.1) is 13.7 Å². The van der Waals surface area contributed by atoms with Gasteiger partial charge in [-0.15, -0.1) is 0 Å². The van der Waals surface area contributed by atoms with Gasteiger partial charge in [-0.2, -0.15) is 0 Å². The van der Waals surface area contributed by atoms with E-state index in [1.165, 1.54) is 57.8 Å². The second-order valence-electron chi connectivity index (χ2n) is 6.14. The zero-order valence-corrected chi connectivity index (χ0v) is 15.1. The molecule has 2 nitrogen and oxygen atoms in total. The summed E-state index contributed by atoms with van der Waals surface area (Å²) in [5, 5.41) is 0. The van der Waals surface area contributed by atoms with E-state index in [1.807, 2.05) is 24.3 Å². The lowest BCUT2D eigenvalue weighted by Gasteiger charge is -2.10. The topological polar surface area (TPSA) is 18.5 Å². The lowest BCUT2D eigenvalue weighted by Crippen LogP contribution is -1.99. The maximum Gasteiger partial charge on any atom is 0.126 e. The van der Waals surface area contributed by atoms with Crippen LogP contribution in [0.15, 0.2) is 24.8 Å². The predicted molar refractivity (Wildman–Crippen MR) is 100 cm³/mol. The summed E-state index contributed by atoms with van der Waals surface area (Å²) in [5.41, 5.74) is 0.997. The Kier molecular flexibility index (Phi) is 11.1. The molecule has 2 heteroatoms. The van der Waals surface area contributed by atoms with Crippen LogP contribution in [-0.4, -0.2) is 13.7 Å². The molecule has 1 rings (SSSR count). The zero-order chi connectivity index (χ0) is 16.8. The molecule has 0 aromatic heterocycles. The minimum atomic E-state index is 0.781. The molecule has 0 saturated carbocycles. The van der Waals surface area contributed by atoms with Crippen molar-refractivity contribution in [2.75, 3.05) is 13.7 Å². The van der Waals surface area contributed by atoms with E-state index in [2.05, 4.69) is 13.5 Å². The third kappa shape index (κ3) is 8.68. The first-order chi connectivity index (χ1) is 11.3. The van der Waals surface area contributed by atoms with Crippen molar-refractivity contribution in [2.24, 2.45) is 0 Å². The molecule has 0 amide bonds. The maximum absolute atomic E-state index is 5.87. The molecule has 0 aliphatic rings. The Balaban J connectivity index is 2.06. The van der Waals surface area contributed by atoms with Crippen LogP contribution in [0.4, 0.5) is 0 Å². The molecule has 0 fully saturated rings. The van der Waals surface area contributed by atoms with Crippen LogP contribution in [0.25, 0.3) is 6.08 Å². The van der Waals surface area contributed by atoms with E-state index in [4.69, 9.17) is 9.47 Å². The summed E-state index contributed by atoms with van der Waals surface area (Å²) in [6.45, 7) is 6.89. The highest BCUT2D eigenvalue weighted by atomic mass is 16.5. The van der Waals surface area contributed by atoms with Gasteiger partial charge in [0.1, 0.15) is 11.5 Å². The average Bonchev–Trinajstić information content (AvgIpc) is 2.59. The van der Waals surface area contributed by atoms with Crippen LogP contribution in [-0.2, 0) is 0 Å². The van der Waals surface area contributed by atoms with Crippen molar-refractivity contribution in [1.82, 2.24) is 0 Å². The molecule has 0 atom stereocenters. The van der Waals surface area contributed by atoms with Gasteiger partial charge < -0.3 is 9.47 Å². The van der Waals surface area contributed by atoms with E-state index in [-0.39, 0.29) is 0 Å². The molecule has 23 heavy (non-hydrogen) atoms. The second-order valence-corrected chi connectivity index (χ2v) is 6.14. The molecular formula is C21H34O2. The lowest BCUT2D eigenvalue weighted by molar-refractivity contribution is 0.303. The van der Waals surface area contributed by atoms with Crippen molar-refractivity contribution >= 4 is 6.08 Å². The van der Waals surface area contributed by atoms with Gasteiger partial charge in [-0.1, -0.05) is 77.4 Å². The molecular weight excluding hydrogens is 284 g/mol. The molecule has 1 aromatic carbocycles. The first kappa shape index (κ1) is 19.6. The number of methoxy groups -OCH3 is 1. The van der Waals surface area contributed by atoms with Crippen LogP contribution < -0.4 is 9.47 Å². The first-order valence-electron chi connectivity index (χ1n) is 9.25. The standard InChI is InChI=1S/C21H34O2/c1-4-6-7-8-9-10-11-12-13-14-17-23-21-16-15-20(22-3)18-19(21)5-2/h5,15-16,18H,2,4,6-14,17H2,1,3H3. The molecule has 0 spiro atoms. The fourth-order valence-electron chi connectivity index (χ4n) is 2.72. The Morgan fingerprint density at radius 3 is 2.09 bits per heavy atom. The van der Waals surface area contributed by atoms with Crippen LogP contribution in [0.2, 0.25) is 0 Å². The van der Waals surface area contributed by atoms with Gasteiger partial charge in [-0.3, -0.25) is 0 Å². The van der Waals surface area contributed by atoms with Crippen LogP contribution in [0.1, 0.15) is 76.7 Å². The Morgan fingerprint density at radius 2 is 1.52 bits per heavy atom. The minimum absolute atomic E-state index is 0.781. The number of rotatable bonds is 14. The first-order valence-corrected chi connectivity index (χ1v) is 9.25. The monoisotopic (exact) mass is 318 g/mol. The Morgan fingerprint density at radius 1 is 0.913 bits per heavy atom. The third-order valence-electron chi connectivity index (χ3n) is 4.19. The van der Waals surface area contributed by atoms with E-state index in [0.29, 0.717) is 0 Å².